The second-order valence-corrected chi connectivity index (χ2v) is 7.16. The maximum absolute atomic E-state index is 13.0. The smallest absolute Gasteiger partial charge is 0.317 e. The van der Waals surface area contributed by atoms with Crippen molar-refractivity contribution in [2.24, 2.45) is 0 Å². The van der Waals surface area contributed by atoms with Crippen LogP contribution in [0.15, 0.2) is 30.3 Å². The van der Waals surface area contributed by atoms with Gasteiger partial charge in [0.15, 0.2) is 0 Å². The number of hydrogen-bond donors (Lipinski definition) is 2. The SMILES string of the molecule is CCN(CC(=O)O)C1CC(NC(=O)N2CC=C(c3ccc(F)cc3)CC2)C1. The second kappa shape index (κ2) is 8.52. The zero-order chi connectivity index (χ0) is 19.4. The van der Waals surface area contributed by atoms with E-state index in [1.54, 1.807) is 17.0 Å². The average molecular weight is 375 g/mol. The van der Waals surface area contributed by atoms with Gasteiger partial charge < -0.3 is 15.3 Å². The number of benzene rings is 1. The van der Waals surface area contributed by atoms with Crippen molar-refractivity contribution in [2.45, 2.75) is 38.3 Å². The molecule has 27 heavy (non-hydrogen) atoms. The highest BCUT2D eigenvalue weighted by Gasteiger charge is 2.35. The molecule has 2 N–H and O–H groups in total. The Labute approximate surface area is 158 Å². The molecular weight excluding hydrogens is 349 g/mol. The van der Waals surface area contributed by atoms with Gasteiger partial charge in [-0.3, -0.25) is 9.69 Å². The van der Waals surface area contributed by atoms with Crippen LogP contribution in [0.3, 0.4) is 0 Å². The first kappa shape index (κ1) is 19.4. The Morgan fingerprint density at radius 3 is 2.56 bits per heavy atom. The van der Waals surface area contributed by atoms with E-state index in [0.717, 1.165) is 30.4 Å². The molecule has 3 rings (SSSR count). The van der Waals surface area contributed by atoms with E-state index in [1.807, 2.05) is 17.9 Å². The van der Waals surface area contributed by atoms with E-state index in [9.17, 15) is 14.0 Å². The molecule has 0 aromatic heterocycles. The summed E-state index contributed by atoms with van der Waals surface area (Å²) in [7, 11) is 0. The van der Waals surface area contributed by atoms with Crippen LogP contribution >= 0.6 is 0 Å². The van der Waals surface area contributed by atoms with Gasteiger partial charge >= 0.3 is 12.0 Å². The number of nitrogens with zero attached hydrogens (tertiary/aromatic N) is 2. The van der Waals surface area contributed by atoms with Crippen LogP contribution in [-0.2, 0) is 4.79 Å². The van der Waals surface area contributed by atoms with Gasteiger partial charge in [0.05, 0.1) is 6.54 Å². The molecule has 1 aliphatic heterocycles. The largest absolute Gasteiger partial charge is 0.480 e. The number of hydrogen-bond acceptors (Lipinski definition) is 3. The van der Waals surface area contributed by atoms with Gasteiger partial charge in [0.2, 0.25) is 0 Å². The van der Waals surface area contributed by atoms with Crippen LogP contribution in [0, 0.1) is 5.82 Å². The Morgan fingerprint density at radius 1 is 1.30 bits per heavy atom. The van der Waals surface area contributed by atoms with Gasteiger partial charge in [-0.2, -0.15) is 0 Å². The monoisotopic (exact) mass is 375 g/mol. The quantitative estimate of drug-likeness (QED) is 0.802. The Morgan fingerprint density at radius 2 is 2.00 bits per heavy atom. The third-order valence-corrected chi connectivity index (χ3v) is 5.41. The van der Waals surface area contributed by atoms with Gasteiger partial charge in [-0.05, 0) is 49.1 Å². The summed E-state index contributed by atoms with van der Waals surface area (Å²) in [4.78, 5) is 27.0. The lowest BCUT2D eigenvalue weighted by atomic mass is 9.85. The molecule has 1 saturated carbocycles. The van der Waals surface area contributed by atoms with Crippen molar-refractivity contribution in [1.82, 2.24) is 15.1 Å². The van der Waals surface area contributed by atoms with Crippen molar-refractivity contribution in [2.75, 3.05) is 26.2 Å². The summed E-state index contributed by atoms with van der Waals surface area (Å²) in [5.41, 5.74) is 2.13. The summed E-state index contributed by atoms with van der Waals surface area (Å²) in [6, 6.07) is 6.69. The van der Waals surface area contributed by atoms with Gasteiger partial charge in [0, 0.05) is 25.2 Å². The maximum Gasteiger partial charge on any atom is 0.317 e. The number of carbonyl (C=O) groups excluding carboxylic acids is 1. The molecule has 1 heterocycles. The molecule has 0 bridgehead atoms. The first-order valence-electron chi connectivity index (χ1n) is 9.42. The van der Waals surface area contributed by atoms with Crippen LogP contribution in [0.25, 0.3) is 5.57 Å². The predicted octanol–water partition coefficient (Wildman–Crippen LogP) is 2.56. The molecular formula is C20H26FN3O3. The lowest BCUT2D eigenvalue weighted by Crippen LogP contribution is -2.57. The number of halogens is 1. The van der Waals surface area contributed by atoms with Gasteiger partial charge in [0.1, 0.15) is 5.82 Å². The number of likely N-dealkylation sites (N-methyl/N-ethyl adjacent to an activating group) is 1. The molecule has 1 aliphatic carbocycles. The normalized spacial score (nSPS) is 22.2. The van der Waals surface area contributed by atoms with Crippen LogP contribution in [0.4, 0.5) is 9.18 Å². The molecule has 6 nitrogen and oxygen atoms in total. The molecule has 0 saturated heterocycles. The minimum atomic E-state index is -0.818. The maximum atomic E-state index is 13.0. The first-order valence-corrected chi connectivity index (χ1v) is 9.42. The Balaban J connectivity index is 1.45. The Kier molecular flexibility index (Phi) is 6.11. The minimum absolute atomic E-state index is 0.0465. The lowest BCUT2D eigenvalue weighted by molar-refractivity contribution is -0.139. The van der Waals surface area contributed by atoms with Crippen molar-refractivity contribution >= 4 is 17.6 Å². The number of nitrogens with one attached hydrogen (secondary N) is 1. The Bertz CT molecular complexity index is 714. The van der Waals surface area contributed by atoms with Gasteiger partial charge in [-0.15, -0.1) is 0 Å². The highest BCUT2D eigenvalue weighted by Crippen LogP contribution is 2.26. The number of urea groups is 1. The third kappa shape index (κ3) is 4.86. The molecule has 0 unspecified atom stereocenters. The summed E-state index contributed by atoms with van der Waals surface area (Å²) in [6.07, 6.45) is 4.34. The van der Waals surface area contributed by atoms with Crippen LogP contribution in [0.1, 0.15) is 31.7 Å². The van der Waals surface area contributed by atoms with Crippen LogP contribution < -0.4 is 5.32 Å². The summed E-state index contributed by atoms with van der Waals surface area (Å²) < 4.78 is 13.0. The molecule has 0 spiro atoms. The van der Waals surface area contributed by atoms with Crippen LogP contribution in [0.2, 0.25) is 0 Å². The van der Waals surface area contributed by atoms with Crippen molar-refractivity contribution in [3.05, 3.63) is 41.7 Å². The fourth-order valence-electron chi connectivity index (χ4n) is 3.72. The van der Waals surface area contributed by atoms with E-state index < -0.39 is 5.97 Å². The van der Waals surface area contributed by atoms with E-state index >= 15 is 0 Å². The summed E-state index contributed by atoms with van der Waals surface area (Å²) in [5.74, 6) is -1.07. The molecule has 2 amide bonds. The third-order valence-electron chi connectivity index (χ3n) is 5.41. The predicted molar refractivity (Wildman–Crippen MR) is 101 cm³/mol. The van der Waals surface area contributed by atoms with Gasteiger partial charge in [0.25, 0.3) is 0 Å². The summed E-state index contributed by atoms with van der Waals surface area (Å²) in [5, 5.41) is 12.0. The van der Waals surface area contributed by atoms with Crippen molar-refractivity contribution < 1.29 is 19.1 Å². The molecule has 1 fully saturated rings. The molecule has 1 aromatic rings. The van der Waals surface area contributed by atoms with Crippen molar-refractivity contribution in [3.63, 3.8) is 0 Å². The number of carboxylic acids is 1. The number of aliphatic carboxylic acids is 1. The average Bonchev–Trinajstić information content (AvgIpc) is 2.63. The van der Waals surface area contributed by atoms with E-state index in [1.165, 1.54) is 12.1 Å². The topological polar surface area (TPSA) is 72.9 Å². The van der Waals surface area contributed by atoms with E-state index in [0.29, 0.717) is 19.6 Å². The minimum Gasteiger partial charge on any atom is -0.480 e. The van der Waals surface area contributed by atoms with Gasteiger partial charge in [-0.25, -0.2) is 9.18 Å². The second-order valence-electron chi connectivity index (χ2n) is 7.16. The first-order chi connectivity index (χ1) is 13.0. The fourth-order valence-corrected chi connectivity index (χ4v) is 3.72. The number of carboxylic acid groups (broad SMARTS) is 1. The Hall–Kier alpha value is -2.41. The molecule has 1 aromatic carbocycles. The van der Waals surface area contributed by atoms with E-state index in [2.05, 4.69) is 5.32 Å². The summed E-state index contributed by atoms with van der Waals surface area (Å²) in [6.45, 7) is 3.86. The molecule has 7 heteroatoms. The van der Waals surface area contributed by atoms with Crippen molar-refractivity contribution in [1.29, 1.82) is 0 Å². The van der Waals surface area contributed by atoms with Gasteiger partial charge in [-0.1, -0.05) is 25.1 Å². The van der Waals surface area contributed by atoms with Crippen LogP contribution in [-0.4, -0.2) is 65.2 Å². The van der Waals surface area contributed by atoms with E-state index in [-0.39, 0.29) is 30.5 Å². The molecule has 146 valence electrons. The van der Waals surface area contributed by atoms with E-state index in [4.69, 9.17) is 5.11 Å². The molecule has 0 radical (unpaired) electrons. The molecule has 2 aliphatic rings. The van der Waals surface area contributed by atoms with Crippen LogP contribution in [0.5, 0.6) is 0 Å². The zero-order valence-corrected chi connectivity index (χ0v) is 15.5. The molecule has 0 atom stereocenters. The highest BCUT2D eigenvalue weighted by atomic mass is 19.1. The van der Waals surface area contributed by atoms with Crippen molar-refractivity contribution in [3.8, 4) is 0 Å². The number of rotatable bonds is 6. The number of amides is 2. The fraction of sp³-hybridized carbons (Fsp3) is 0.500. The number of carbonyl (C=O) groups is 2. The standard InChI is InChI=1S/C20H26FN3O3/c1-2-23(13-19(25)26)18-11-17(12-18)22-20(27)24-9-7-15(8-10-24)14-3-5-16(21)6-4-14/h3-7,17-18H,2,8-13H2,1H3,(H,22,27)(H,25,26). The highest BCUT2D eigenvalue weighted by molar-refractivity contribution is 5.77. The zero-order valence-electron chi connectivity index (χ0n) is 15.5. The lowest BCUT2D eigenvalue weighted by Gasteiger charge is -2.43. The summed E-state index contributed by atoms with van der Waals surface area (Å²) >= 11 is 0.